The van der Waals surface area contributed by atoms with E-state index in [0.717, 1.165) is 36.0 Å². The zero-order valence-electron chi connectivity index (χ0n) is 12.3. The summed E-state index contributed by atoms with van der Waals surface area (Å²) in [5, 5.41) is 5.83. The van der Waals surface area contributed by atoms with E-state index in [4.69, 9.17) is 11.6 Å². The topological polar surface area (TPSA) is 32.3 Å². The van der Waals surface area contributed by atoms with Gasteiger partial charge in [-0.25, -0.2) is 0 Å². The Hall–Kier alpha value is -1.52. The molecule has 1 aliphatic heterocycles. The quantitative estimate of drug-likeness (QED) is 0.906. The Kier molecular flexibility index (Phi) is 5.01. The Balaban J connectivity index is 1.45. The van der Waals surface area contributed by atoms with E-state index in [0.29, 0.717) is 12.3 Å². The molecular weight excluding hydrogens is 316 g/mol. The first-order chi connectivity index (χ1) is 10.7. The lowest BCUT2D eigenvalue weighted by Crippen LogP contribution is -2.31. The van der Waals surface area contributed by atoms with E-state index >= 15 is 0 Å². The molecule has 0 aliphatic carbocycles. The number of halogens is 1. The number of rotatable bonds is 5. The molecule has 1 saturated heterocycles. The van der Waals surface area contributed by atoms with Crippen LogP contribution >= 0.6 is 22.9 Å². The average Bonchev–Trinajstić information content (AvgIpc) is 3.17. The van der Waals surface area contributed by atoms with Gasteiger partial charge in [-0.2, -0.15) is 0 Å². The van der Waals surface area contributed by atoms with Crippen LogP contribution in [0.15, 0.2) is 41.8 Å². The Labute approximate surface area is 139 Å². The first kappa shape index (κ1) is 15.4. The fraction of sp³-hybridized carbons (Fsp3) is 0.353. The maximum atomic E-state index is 11.9. The van der Waals surface area contributed by atoms with E-state index < -0.39 is 0 Å². The van der Waals surface area contributed by atoms with E-state index in [1.807, 2.05) is 29.6 Å². The summed E-state index contributed by atoms with van der Waals surface area (Å²) in [6.45, 7) is 2.78. The molecule has 1 aromatic carbocycles. The number of anilines is 1. The van der Waals surface area contributed by atoms with Crippen molar-refractivity contribution in [2.24, 2.45) is 5.92 Å². The molecule has 0 radical (unpaired) electrons. The van der Waals surface area contributed by atoms with Crippen LogP contribution < -0.4 is 10.2 Å². The minimum atomic E-state index is 0.118. The normalized spacial score (nSPS) is 17.7. The van der Waals surface area contributed by atoms with Crippen molar-refractivity contribution in [2.45, 2.75) is 12.8 Å². The third kappa shape index (κ3) is 4.02. The Morgan fingerprint density at radius 3 is 2.86 bits per heavy atom. The molecular formula is C17H19ClN2OS. The molecule has 1 amide bonds. The molecule has 5 heteroatoms. The van der Waals surface area contributed by atoms with Gasteiger partial charge < -0.3 is 10.2 Å². The van der Waals surface area contributed by atoms with Crippen molar-refractivity contribution in [2.75, 3.05) is 24.5 Å². The van der Waals surface area contributed by atoms with Crippen molar-refractivity contribution < 1.29 is 4.79 Å². The lowest BCUT2D eigenvalue weighted by atomic mass is 10.1. The number of amides is 1. The molecule has 1 unspecified atom stereocenters. The summed E-state index contributed by atoms with van der Waals surface area (Å²) in [6.07, 6.45) is 1.60. The van der Waals surface area contributed by atoms with Crippen molar-refractivity contribution in [3.05, 3.63) is 51.7 Å². The van der Waals surface area contributed by atoms with Crippen molar-refractivity contribution in [3.63, 3.8) is 0 Å². The predicted molar refractivity (Wildman–Crippen MR) is 92.8 cm³/mol. The van der Waals surface area contributed by atoms with Crippen LogP contribution in [0.2, 0.25) is 5.02 Å². The summed E-state index contributed by atoms with van der Waals surface area (Å²) < 4.78 is 0. The zero-order valence-corrected chi connectivity index (χ0v) is 13.9. The summed E-state index contributed by atoms with van der Waals surface area (Å²) in [5.41, 5.74) is 1.21. The first-order valence-electron chi connectivity index (χ1n) is 7.50. The smallest absolute Gasteiger partial charge is 0.225 e. The monoisotopic (exact) mass is 334 g/mol. The standard InChI is InChI=1S/C17H19ClN2OS/c18-14-3-5-15(6-4-14)20-8-7-13(12-20)11-19-17(21)10-16-2-1-9-22-16/h1-6,9,13H,7-8,10-12H2,(H,19,21). The number of hydrogen-bond donors (Lipinski definition) is 1. The predicted octanol–water partition coefficient (Wildman–Crippen LogP) is 3.59. The Bertz CT molecular complexity index is 612. The number of thiophene rings is 1. The molecule has 0 bridgehead atoms. The van der Waals surface area contributed by atoms with Crippen LogP contribution in [-0.2, 0) is 11.2 Å². The highest BCUT2D eigenvalue weighted by Gasteiger charge is 2.23. The van der Waals surface area contributed by atoms with E-state index in [1.165, 1.54) is 5.69 Å². The van der Waals surface area contributed by atoms with Gasteiger partial charge in [-0.15, -0.1) is 11.3 Å². The summed E-state index contributed by atoms with van der Waals surface area (Å²) in [4.78, 5) is 15.4. The molecule has 1 atom stereocenters. The number of nitrogens with one attached hydrogen (secondary N) is 1. The van der Waals surface area contributed by atoms with Gasteiger partial charge in [0.15, 0.2) is 0 Å². The van der Waals surface area contributed by atoms with Crippen molar-refractivity contribution >= 4 is 34.5 Å². The number of hydrogen-bond acceptors (Lipinski definition) is 3. The Morgan fingerprint density at radius 1 is 1.32 bits per heavy atom. The largest absolute Gasteiger partial charge is 0.371 e. The third-order valence-corrected chi connectivity index (χ3v) is 5.11. The number of carbonyl (C=O) groups excluding carboxylic acids is 1. The molecule has 1 aromatic heterocycles. The lowest BCUT2D eigenvalue weighted by molar-refractivity contribution is -0.120. The molecule has 1 aliphatic rings. The molecule has 3 nitrogen and oxygen atoms in total. The average molecular weight is 335 g/mol. The fourth-order valence-corrected chi connectivity index (χ4v) is 3.61. The van der Waals surface area contributed by atoms with Crippen LogP contribution in [0.4, 0.5) is 5.69 Å². The van der Waals surface area contributed by atoms with Crippen LogP contribution in [0, 0.1) is 5.92 Å². The summed E-state index contributed by atoms with van der Waals surface area (Å²) in [6, 6.07) is 11.9. The van der Waals surface area contributed by atoms with Crippen LogP contribution in [0.5, 0.6) is 0 Å². The Morgan fingerprint density at radius 2 is 2.14 bits per heavy atom. The second kappa shape index (κ2) is 7.16. The summed E-state index contributed by atoms with van der Waals surface area (Å²) in [7, 11) is 0. The number of carbonyl (C=O) groups is 1. The van der Waals surface area contributed by atoms with Gasteiger partial charge in [0.05, 0.1) is 6.42 Å². The molecule has 116 valence electrons. The molecule has 0 spiro atoms. The second-order valence-corrected chi connectivity index (χ2v) is 7.11. The zero-order chi connectivity index (χ0) is 15.4. The maximum Gasteiger partial charge on any atom is 0.225 e. The first-order valence-corrected chi connectivity index (χ1v) is 8.76. The molecule has 1 N–H and O–H groups in total. The highest BCUT2D eigenvalue weighted by molar-refractivity contribution is 7.10. The summed E-state index contributed by atoms with van der Waals surface area (Å²) >= 11 is 7.55. The third-order valence-electron chi connectivity index (χ3n) is 3.98. The molecule has 2 aromatic rings. The summed E-state index contributed by atoms with van der Waals surface area (Å²) in [5.74, 6) is 0.635. The van der Waals surface area contributed by atoms with Crippen LogP contribution in [-0.4, -0.2) is 25.5 Å². The second-order valence-electron chi connectivity index (χ2n) is 5.64. The van der Waals surface area contributed by atoms with E-state index in [2.05, 4.69) is 22.3 Å². The number of benzene rings is 1. The highest BCUT2D eigenvalue weighted by Crippen LogP contribution is 2.24. The number of nitrogens with zero attached hydrogens (tertiary/aromatic N) is 1. The molecule has 2 heterocycles. The molecule has 22 heavy (non-hydrogen) atoms. The van der Waals surface area contributed by atoms with Crippen LogP contribution in [0.1, 0.15) is 11.3 Å². The maximum absolute atomic E-state index is 11.9. The molecule has 1 fully saturated rings. The minimum Gasteiger partial charge on any atom is -0.371 e. The van der Waals surface area contributed by atoms with E-state index in [9.17, 15) is 4.79 Å². The molecule has 0 saturated carbocycles. The van der Waals surface area contributed by atoms with Gasteiger partial charge >= 0.3 is 0 Å². The van der Waals surface area contributed by atoms with Crippen molar-refractivity contribution in [3.8, 4) is 0 Å². The van der Waals surface area contributed by atoms with Crippen molar-refractivity contribution in [1.82, 2.24) is 5.32 Å². The lowest BCUT2D eigenvalue weighted by Gasteiger charge is -2.19. The SMILES string of the molecule is O=C(Cc1cccs1)NCC1CCN(c2ccc(Cl)cc2)C1. The van der Waals surface area contributed by atoms with Gasteiger partial charge in [0, 0.05) is 35.2 Å². The van der Waals surface area contributed by atoms with Crippen molar-refractivity contribution in [1.29, 1.82) is 0 Å². The van der Waals surface area contributed by atoms with Crippen LogP contribution in [0.25, 0.3) is 0 Å². The van der Waals surface area contributed by atoms with Gasteiger partial charge in [-0.3, -0.25) is 4.79 Å². The van der Waals surface area contributed by atoms with E-state index in [1.54, 1.807) is 11.3 Å². The van der Waals surface area contributed by atoms with Gasteiger partial charge in [-0.1, -0.05) is 17.7 Å². The molecule has 3 rings (SSSR count). The van der Waals surface area contributed by atoms with E-state index in [-0.39, 0.29) is 5.91 Å². The van der Waals surface area contributed by atoms with Gasteiger partial charge in [-0.05, 0) is 48.1 Å². The highest BCUT2D eigenvalue weighted by atomic mass is 35.5. The minimum absolute atomic E-state index is 0.118. The van der Waals surface area contributed by atoms with Gasteiger partial charge in [0.1, 0.15) is 0 Å². The van der Waals surface area contributed by atoms with Crippen LogP contribution in [0.3, 0.4) is 0 Å². The fourth-order valence-electron chi connectivity index (χ4n) is 2.78. The van der Waals surface area contributed by atoms with Gasteiger partial charge in [0.25, 0.3) is 0 Å². The van der Waals surface area contributed by atoms with Gasteiger partial charge in [0.2, 0.25) is 5.91 Å².